The highest BCUT2D eigenvalue weighted by Gasteiger charge is 2.31. The fraction of sp³-hybridized carbons (Fsp3) is 0.312. The van der Waals surface area contributed by atoms with Crippen molar-refractivity contribution in [1.82, 2.24) is 20.7 Å². The van der Waals surface area contributed by atoms with E-state index in [0.717, 1.165) is 11.3 Å². The fourth-order valence-electron chi connectivity index (χ4n) is 2.28. The molecule has 0 unspecified atom stereocenters. The summed E-state index contributed by atoms with van der Waals surface area (Å²) >= 11 is 0. The molecule has 0 aromatic heterocycles. The van der Waals surface area contributed by atoms with E-state index in [0.29, 0.717) is 17.1 Å². The van der Waals surface area contributed by atoms with Crippen LogP contribution in [0.1, 0.15) is 12.5 Å². The molecule has 0 radical (unpaired) electrons. The molecule has 7 heteroatoms. The number of nitrogens with zero attached hydrogens (tertiary/aromatic N) is 3. The van der Waals surface area contributed by atoms with Crippen LogP contribution < -0.4 is 16.0 Å². The molecule has 0 bridgehead atoms. The quantitative estimate of drug-likeness (QED) is 0.578. The summed E-state index contributed by atoms with van der Waals surface area (Å²) in [5, 5.41) is 13.5. The first-order chi connectivity index (χ1) is 10.8. The van der Waals surface area contributed by atoms with Gasteiger partial charge in [0, 0.05) is 19.8 Å². The average Bonchev–Trinajstić information content (AvgIpc) is 2.73. The van der Waals surface area contributed by atoms with Gasteiger partial charge in [-0.05, 0) is 25.5 Å². The molecule has 0 spiro atoms. The number of rotatable bonds is 4. The number of hydrazine groups is 3. The molecule has 0 aliphatic carbocycles. The van der Waals surface area contributed by atoms with Crippen molar-refractivity contribution in [2.75, 3.05) is 20.7 Å². The average molecular weight is 316 g/mol. The van der Waals surface area contributed by atoms with E-state index >= 15 is 0 Å². The van der Waals surface area contributed by atoms with E-state index in [1.54, 1.807) is 29.1 Å². The minimum Gasteiger partial charge on any atom is -0.488 e. The van der Waals surface area contributed by atoms with Gasteiger partial charge in [-0.1, -0.05) is 24.8 Å². The van der Waals surface area contributed by atoms with Crippen LogP contribution in [0, 0.1) is 12.3 Å². The van der Waals surface area contributed by atoms with Crippen molar-refractivity contribution in [3.05, 3.63) is 53.5 Å². The fourth-order valence-corrected chi connectivity index (χ4v) is 2.28. The molecule has 1 aliphatic rings. The van der Waals surface area contributed by atoms with Gasteiger partial charge in [0.15, 0.2) is 5.84 Å². The summed E-state index contributed by atoms with van der Waals surface area (Å²) in [5.74, 6) is 1.64. The van der Waals surface area contributed by atoms with Gasteiger partial charge in [-0.3, -0.25) is 10.4 Å². The molecule has 23 heavy (non-hydrogen) atoms. The van der Waals surface area contributed by atoms with Crippen molar-refractivity contribution < 1.29 is 4.74 Å². The molecule has 1 saturated heterocycles. The maximum atomic E-state index is 8.48. The van der Waals surface area contributed by atoms with Crippen LogP contribution in [0.15, 0.2) is 47.9 Å². The Morgan fingerprint density at radius 3 is 2.52 bits per heavy atom. The molecule has 124 valence electrons. The van der Waals surface area contributed by atoms with Crippen LogP contribution in [0.25, 0.3) is 0 Å². The van der Waals surface area contributed by atoms with Gasteiger partial charge in [0.1, 0.15) is 18.2 Å². The molecule has 4 N–H and O–H groups in total. The summed E-state index contributed by atoms with van der Waals surface area (Å²) < 4.78 is 5.85. The third kappa shape index (κ3) is 3.46. The van der Waals surface area contributed by atoms with Crippen LogP contribution in [-0.4, -0.2) is 41.7 Å². The molecule has 1 aliphatic heterocycles. The van der Waals surface area contributed by atoms with E-state index < -0.39 is 0 Å². The second-order valence-corrected chi connectivity index (χ2v) is 5.47. The minimum absolute atomic E-state index is 0.216. The molecule has 1 heterocycles. The first kappa shape index (κ1) is 16.9. The Bertz CT molecular complexity index is 650. The van der Waals surface area contributed by atoms with Crippen LogP contribution in [-0.2, 0) is 0 Å². The van der Waals surface area contributed by atoms with Gasteiger partial charge in [0.05, 0.1) is 5.57 Å². The van der Waals surface area contributed by atoms with E-state index in [1.807, 2.05) is 38.2 Å². The second-order valence-electron chi connectivity index (χ2n) is 5.47. The maximum Gasteiger partial charge on any atom is 0.151 e. The highest BCUT2D eigenvalue weighted by Crippen LogP contribution is 2.21. The third-order valence-electron chi connectivity index (χ3n) is 3.67. The topological polar surface area (TPSA) is 80.8 Å². The highest BCUT2D eigenvalue weighted by atomic mass is 16.5. The van der Waals surface area contributed by atoms with E-state index in [-0.39, 0.29) is 12.4 Å². The minimum atomic E-state index is 0.216. The summed E-state index contributed by atoms with van der Waals surface area (Å²) in [6, 6.07) is 7.76. The molecule has 7 nitrogen and oxygen atoms in total. The van der Waals surface area contributed by atoms with Crippen molar-refractivity contribution in [1.29, 1.82) is 5.41 Å². The van der Waals surface area contributed by atoms with E-state index in [2.05, 4.69) is 12.1 Å². The van der Waals surface area contributed by atoms with Crippen LogP contribution in [0.2, 0.25) is 0 Å². The maximum absolute atomic E-state index is 8.48. The first-order valence-electron chi connectivity index (χ1n) is 7.28. The molecule has 1 aromatic carbocycles. The molecule has 0 saturated carbocycles. The predicted octanol–water partition coefficient (Wildman–Crippen LogP) is 1.57. The Balaban J connectivity index is 2.17. The lowest BCUT2D eigenvalue weighted by Gasteiger charge is -2.26. The van der Waals surface area contributed by atoms with E-state index in [1.165, 1.54) is 0 Å². The zero-order valence-electron chi connectivity index (χ0n) is 14.1. The van der Waals surface area contributed by atoms with Crippen molar-refractivity contribution >= 4 is 5.84 Å². The van der Waals surface area contributed by atoms with E-state index in [9.17, 15) is 0 Å². The van der Waals surface area contributed by atoms with Gasteiger partial charge < -0.3 is 10.5 Å². The summed E-state index contributed by atoms with van der Waals surface area (Å²) in [5.41, 5.74) is 11.2. The summed E-state index contributed by atoms with van der Waals surface area (Å²) in [6.07, 6.45) is 0. The first-order valence-corrected chi connectivity index (χ1v) is 7.28. The second kappa shape index (κ2) is 6.72. The number of ether oxygens (including phenoxy) is 1. The molecular weight excluding hydrogens is 292 g/mol. The molecule has 1 fully saturated rings. The Labute approximate surface area is 137 Å². The van der Waals surface area contributed by atoms with E-state index in [4.69, 9.17) is 15.9 Å². The van der Waals surface area contributed by atoms with Gasteiger partial charge in [0.2, 0.25) is 0 Å². The van der Waals surface area contributed by atoms with Crippen LogP contribution in [0.4, 0.5) is 0 Å². The van der Waals surface area contributed by atoms with Crippen molar-refractivity contribution in [2.24, 2.45) is 5.73 Å². The number of benzene rings is 1. The number of hydrogen-bond acceptors (Lipinski definition) is 6. The Kier molecular flexibility index (Phi) is 4.92. The lowest BCUT2D eigenvalue weighted by atomic mass is 10.2. The SMILES string of the molecule is C=C1N(C)NN(C)N1C(=N)/C(COc1ccccc1C)=C(/C)N. The number of aryl methyl sites for hydroxylation is 1. The van der Waals surface area contributed by atoms with Crippen molar-refractivity contribution in [3.63, 3.8) is 0 Å². The van der Waals surface area contributed by atoms with Crippen LogP contribution >= 0.6 is 0 Å². The van der Waals surface area contributed by atoms with Gasteiger partial charge in [-0.2, -0.15) is 0 Å². The molecule has 2 rings (SSSR count). The Morgan fingerprint density at radius 1 is 1.35 bits per heavy atom. The monoisotopic (exact) mass is 316 g/mol. The van der Waals surface area contributed by atoms with Gasteiger partial charge >= 0.3 is 0 Å². The Morgan fingerprint density at radius 2 is 2.00 bits per heavy atom. The third-order valence-corrected chi connectivity index (χ3v) is 3.67. The summed E-state index contributed by atoms with van der Waals surface area (Å²) in [4.78, 5) is 0. The standard InChI is InChI=1S/C16H24N6O/c1-11-8-6-7-9-15(11)23-10-14(12(2)17)16(18)22-13(3)20(4)19-21(22)5/h6-9,18-19H,3,10,17H2,1-2,4-5H3/b14-12-,18-16?. The molecule has 1 aromatic rings. The number of allylic oxidation sites excluding steroid dienone is 1. The number of para-hydroxylation sites is 1. The van der Waals surface area contributed by atoms with Gasteiger partial charge in [-0.15, -0.1) is 10.7 Å². The van der Waals surface area contributed by atoms with Gasteiger partial charge in [-0.25, -0.2) is 5.01 Å². The Hall–Kier alpha value is -2.51. The van der Waals surface area contributed by atoms with Crippen LogP contribution in [0.5, 0.6) is 5.75 Å². The molecule has 0 atom stereocenters. The summed E-state index contributed by atoms with van der Waals surface area (Å²) in [6.45, 7) is 7.93. The van der Waals surface area contributed by atoms with Crippen LogP contribution in [0.3, 0.4) is 0 Å². The molecule has 0 amide bonds. The largest absolute Gasteiger partial charge is 0.488 e. The lowest BCUT2D eigenvalue weighted by molar-refractivity contribution is 0.0758. The number of hydrogen-bond donors (Lipinski definition) is 3. The smallest absolute Gasteiger partial charge is 0.151 e. The molecular formula is C16H24N6O. The summed E-state index contributed by atoms with van der Waals surface area (Å²) in [7, 11) is 3.63. The highest BCUT2D eigenvalue weighted by molar-refractivity contribution is 5.97. The van der Waals surface area contributed by atoms with Gasteiger partial charge in [0.25, 0.3) is 0 Å². The zero-order valence-corrected chi connectivity index (χ0v) is 14.1. The lowest BCUT2D eigenvalue weighted by Crippen LogP contribution is -2.43. The number of nitrogens with two attached hydrogens (primary N) is 1. The predicted molar refractivity (Wildman–Crippen MR) is 90.9 cm³/mol. The normalized spacial score (nSPS) is 16.6. The van der Waals surface area contributed by atoms with Crippen molar-refractivity contribution in [3.8, 4) is 5.75 Å². The number of nitrogens with one attached hydrogen (secondary N) is 2. The van der Waals surface area contributed by atoms with Crippen molar-refractivity contribution in [2.45, 2.75) is 13.8 Å². The number of amidine groups is 1. The zero-order chi connectivity index (χ0) is 17.1.